The van der Waals surface area contributed by atoms with E-state index in [4.69, 9.17) is 0 Å². The number of aliphatic hydroxyl groups is 2. The molecule has 0 bridgehead atoms. The molecule has 4 saturated carbocycles. The van der Waals surface area contributed by atoms with Crippen LogP contribution in [0.4, 0.5) is 0 Å². The molecule has 0 saturated heterocycles. The minimum atomic E-state index is -0.248. The summed E-state index contributed by atoms with van der Waals surface area (Å²) in [6.45, 7) is 8.96. The first kappa shape index (κ1) is 19.9. The molecule has 0 aromatic carbocycles. The molecule has 3 nitrogen and oxygen atoms in total. The van der Waals surface area contributed by atoms with Crippen LogP contribution in [0.5, 0.6) is 0 Å². The molecule has 0 aromatic rings. The number of ketones is 1. The molecular formula is C24H40O3. The Bertz CT molecular complexity index is 588. The Kier molecular flexibility index (Phi) is 5.03. The van der Waals surface area contributed by atoms with E-state index < -0.39 is 0 Å². The van der Waals surface area contributed by atoms with E-state index in [0.717, 1.165) is 32.1 Å². The van der Waals surface area contributed by atoms with Crippen molar-refractivity contribution >= 4 is 5.78 Å². The highest BCUT2D eigenvalue weighted by molar-refractivity contribution is 5.75. The van der Waals surface area contributed by atoms with E-state index in [1.807, 2.05) is 0 Å². The lowest BCUT2D eigenvalue weighted by Gasteiger charge is -2.62. The van der Waals surface area contributed by atoms with Gasteiger partial charge < -0.3 is 15.0 Å². The summed E-state index contributed by atoms with van der Waals surface area (Å²) in [4.78, 5) is 11.7. The summed E-state index contributed by atoms with van der Waals surface area (Å²) < 4.78 is 0. The summed E-state index contributed by atoms with van der Waals surface area (Å²) in [6.07, 6.45) is 9.06. The lowest BCUT2D eigenvalue weighted by atomic mass is 9.44. The van der Waals surface area contributed by atoms with Crippen LogP contribution >= 0.6 is 0 Å². The highest BCUT2D eigenvalue weighted by Crippen LogP contribution is 2.68. The summed E-state index contributed by atoms with van der Waals surface area (Å²) in [6, 6.07) is 0. The fourth-order valence-electron chi connectivity index (χ4n) is 8.85. The van der Waals surface area contributed by atoms with Crippen LogP contribution in [0.2, 0.25) is 0 Å². The van der Waals surface area contributed by atoms with Crippen molar-refractivity contribution in [2.45, 2.75) is 97.7 Å². The third kappa shape index (κ3) is 3.03. The molecule has 27 heavy (non-hydrogen) atoms. The Morgan fingerprint density at radius 3 is 2.33 bits per heavy atom. The molecule has 154 valence electrons. The zero-order valence-corrected chi connectivity index (χ0v) is 17.8. The Hall–Kier alpha value is -0.410. The number of hydrogen-bond acceptors (Lipinski definition) is 3. The average Bonchev–Trinajstić information content (AvgIpc) is 2.93. The predicted octanol–water partition coefficient (Wildman–Crippen LogP) is 4.59. The topological polar surface area (TPSA) is 57.5 Å². The van der Waals surface area contributed by atoms with Gasteiger partial charge in [0.2, 0.25) is 0 Å². The first-order chi connectivity index (χ1) is 12.7. The van der Waals surface area contributed by atoms with Gasteiger partial charge in [-0.3, -0.25) is 0 Å². The lowest BCUT2D eigenvalue weighted by Crippen LogP contribution is -2.58. The molecule has 0 spiro atoms. The molecule has 4 rings (SSSR count). The molecule has 0 unspecified atom stereocenters. The minimum absolute atomic E-state index is 0.200. The van der Waals surface area contributed by atoms with Crippen LogP contribution in [0.15, 0.2) is 0 Å². The van der Waals surface area contributed by atoms with E-state index in [2.05, 4.69) is 20.8 Å². The Balaban J connectivity index is 1.59. The van der Waals surface area contributed by atoms with Crippen molar-refractivity contribution in [3.63, 3.8) is 0 Å². The first-order valence-corrected chi connectivity index (χ1v) is 11.5. The van der Waals surface area contributed by atoms with Gasteiger partial charge in [0.1, 0.15) is 5.78 Å². The van der Waals surface area contributed by atoms with E-state index in [9.17, 15) is 15.0 Å². The third-order valence-electron chi connectivity index (χ3n) is 10.0. The van der Waals surface area contributed by atoms with E-state index in [0.29, 0.717) is 40.8 Å². The predicted molar refractivity (Wildman–Crippen MR) is 107 cm³/mol. The van der Waals surface area contributed by atoms with Gasteiger partial charge >= 0.3 is 0 Å². The van der Waals surface area contributed by atoms with Crippen LogP contribution < -0.4 is 0 Å². The molecule has 4 aliphatic carbocycles. The molecule has 2 N–H and O–H groups in total. The lowest BCUT2D eigenvalue weighted by molar-refractivity contribution is -0.172. The van der Waals surface area contributed by atoms with Gasteiger partial charge in [0.05, 0.1) is 12.2 Å². The summed E-state index contributed by atoms with van der Waals surface area (Å²) >= 11 is 0. The van der Waals surface area contributed by atoms with Gasteiger partial charge in [-0.25, -0.2) is 0 Å². The molecule has 0 radical (unpaired) electrons. The number of carbonyl (C=O) groups excluding carboxylic acids is 1. The number of Topliss-reactive ketones (excluding diaryl/α,β-unsaturated/α-hetero) is 1. The zero-order chi connectivity index (χ0) is 19.6. The van der Waals surface area contributed by atoms with Crippen molar-refractivity contribution in [1.82, 2.24) is 0 Å². The van der Waals surface area contributed by atoms with Gasteiger partial charge in [0, 0.05) is 6.42 Å². The highest BCUT2D eigenvalue weighted by atomic mass is 16.3. The number of rotatable bonds is 3. The highest BCUT2D eigenvalue weighted by Gasteiger charge is 2.62. The van der Waals surface area contributed by atoms with Gasteiger partial charge in [-0.1, -0.05) is 20.8 Å². The molecule has 4 aliphatic rings. The van der Waals surface area contributed by atoms with Crippen LogP contribution in [0, 0.1) is 46.3 Å². The van der Waals surface area contributed by atoms with E-state index in [1.165, 1.54) is 25.7 Å². The van der Waals surface area contributed by atoms with E-state index >= 15 is 0 Å². The van der Waals surface area contributed by atoms with Crippen LogP contribution in [0.25, 0.3) is 0 Å². The summed E-state index contributed by atoms with van der Waals surface area (Å²) in [5.74, 6) is 3.78. The molecule has 0 aliphatic heterocycles. The third-order valence-corrected chi connectivity index (χ3v) is 10.0. The van der Waals surface area contributed by atoms with E-state index in [1.54, 1.807) is 6.92 Å². The fourth-order valence-corrected chi connectivity index (χ4v) is 8.85. The monoisotopic (exact) mass is 376 g/mol. The molecule has 10 atom stereocenters. The van der Waals surface area contributed by atoms with Crippen molar-refractivity contribution in [3.8, 4) is 0 Å². The van der Waals surface area contributed by atoms with E-state index in [-0.39, 0.29) is 23.5 Å². The van der Waals surface area contributed by atoms with Crippen LogP contribution in [-0.2, 0) is 4.79 Å². The van der Waals surface area contributed by atoms with Gasteiger partial charge in [-0.2, -0.15) is 0 Å². The number of carbonyl (C=O) groups is 1. The maximum atomic E-state index is 11.7. The number of aliphatic hydroxyl groups excluding tert-OH is 2. The quantitative estimate of drug-likeness (QED) is 0.757. The first-order valence-electron chi connectivity index (χ1n) is 11.5. The van der Waals surface area contributed by atoms with Crippen LogP contribution in [0.3, 0.4) is 0 Å². The standard InChI is InChI=1S/C24H40O3/c1-14(11-15(2)25)18-5-6-19-17-13-22(27)21-12-16(26)7-9-24(21,4)20(17)8-10-23(18,19)3/h14,16-22,26-27H,5-13H2,1-4H3/t14-,16+,17+,18-,19+,20+,21-,22+,23-,24-/m1/s1. The number of hydrogen-bond donors (Lipinski definition) is 2. The second-order valence-electron chi connectivity index (χ2n) is 11.3. The normalized spacial score (nSPS) is 53.2. The van der Waals surface area contributed by atoms with Gasteiger partial charge in [0.25, 0.3) is 0 Å². The van der Waals surface area contributed by atoms with Gasteiger partial charge in [-0.15, -0.1) is 0 Å². The zero-order valence-electron chi connectivity index (χ0n) is 17.8. The molecule has 0 amide bonds. The minimum Gasteiger partial charge on any atom is -0.393 e. The molecule has 3 heteroatoms. The Labute approximate surface area is 165 Å². The maximum absolute atomic E-state index is 11.7. The maximum Gasteiger partial charge on any atom is 0.130 e. The van der Waals surface area contributed by atoms with Crippen LogP contribution in [-0.4, -0.2) is 28.2 Å². The van der Waals surface area contributed by atoms with Crippen molar-refractivity contribution in [2.24, 2.45) is 46.3 Å². The SMILES string of the molecule is CC(=O)C[C@@H](C)[C@H]1CC[C@H]2[C@@H]3C[C@H](O)[C@H]4C[C@@H](O)CC[C@]4(C)[C@H]3CC[C@]12C. The molecule has 4 fully saturated rings. The van der Waals surface area contributed by atoms with Crippen molar-refractivity contribution in [2.75, 3.05) is 0 Å². The average molecular weight is 377 g/mol. The number of fused-ring (bicyclic) bond motifs is 5. The Morgan fingerprint density at radius 1 is 0.963 bits per heavy atom. The van der Waals surface area contributed by atoms with Crippen molar-refractivity contribution in [3.05, 3.63) is 0 Å². The Morgan fingerprint density at radius 2 is 1.63 bits per heavy atom. The van der Waals surface area contributed by atoms with Crippen molar-refractivity contribution in [1.29, 1.82) is 0 Å². The summed E-state index contributed by atoms with van der Waals surface area (Å²) in [5.41, 5.74) is 0.541. The summed E-state index contributed by atoms with van der Waals surface area (Å²) in [7, 11) is 0. The van der Waals surface area contributed by atoms with Gasteiger partial charge in [-0.05, 0) is 105 Å². The largest absolute Gasteiger partial charge is 0.393 e. The fraction of sp³-hybridized carbons (Fsp3) is 0.958. The van der Waals surface area contributed by atoms with Gasteiger partial charge in [0.15, 0.2) is 0 Å². The van der Waals surface area contributed by atoms with Crippen LogP contribution in [0.1, 0.15) is 85.5 Å². The molecule has 0 aromatic heterocycles. The second kappa shape index (κ2) is 6.83. The second-order valence-corrected chi connectivity index (χ2v) is 11.3. The molecule has 0 heterocycles. The van der Waals surface area contributed by atoms with Crippen molar-refractivity contribution < 1.29 is 15.0 Å². The smallest absolute Gasteiger partial charge is 0.130 e. The summed E-state index contributed by atoms with van der Waals surface area (Å²) in [5, 5.41) is 21.3. The molecular weight excluding hydrogens is 336 g/mol.